The van der Waals surface area contributed by atoms with Crippen molar-refractivity contribution in [1.82, 2.24) is 14.9 Å². The van der Waals surface area contributed by atoms with E-state index in [9.17, 15) is 9.59 Å². The Bertz CT molecular complexity index is 1400. The van der Waals surface area contributed by atoms with E-state index in [1.54, 1.807) is 25.3 Å². The summed E-state index contributed by atoms with van der Waals surface area (Å²) in [6, 6.07) is 22.6. The molecule has 198 valence electrons. The number of nitrogens with one attached hydrogen (secondary N) is 1. The average Bonchev–Trinajstić information content (AvgIpc) is 3.27. The molecule has 3 aromatic carbocycles. The minimum Gasteiger partial charge on any atom is -0.493 e. The molecule has 0 bridgehead atoms. The number of para-hydroxylation sites is 3. The maximum Gasteiger partial charge on any atom is 0.251 e. The van der Waals surface area contributed by atoms with Gasteiger partial charge in [0.15, 0.2) is 11.5 Å². The first-order valence-corrected chi connectivity index (χ1v) is 12.7. The second-order valence-corrected chi connectivity index (χ2v) is 9.23. The van der Waals surface area contributed by atoms with Gasteiger partial charge in [-0.2, -0.15) is 0 Å². The molecule has 8 nitrogen and oxygen atoms in total. The predicted octanol–water partition coefficient (Wildman–Crippen LogP) is 4.86. The number of amides is 2. The first kappa shape index (κ1) is 26.7. The normalized spacial score (nSPS) is 11.0. The molecular formula is C30H34N4O4. The highest BCUT2D eigenvalue weighted by Crippen LogP contribution is 2.27. The smallest absolute Gasteiger partial charge is 0.251 e. The van der Waals surface area contributed by atoms with Crippen LogP contribution in [0.3, 0.4) is 0 Å². The van der Waals surface area contributed by atoms with Crippen LogP contribution >= 0.6 is 0 Å². The summed E-state index contributed by atoms with van der Waals surface area (Å²) in [6.45, 7) is 4.67. The number of hydrogen-bond acceptors (Lipinski definition) is 5. The van der Waals surface area contributed by atoms with Crippen molar-refractivity contribution in [2.75, 3.05) is 25.7 Å². The zero-order valence-electron chi connectivity index (χ0n) is 22.3. The van der Waals surface area contributed by atoms with Crippen molar-refractivity contribution in [3.8, 4) is 11.5 Å². The highest BCUT2D eigenvalue weighted by molar-refractivity contribution is 5.95. The summed E-state index contributed by atoms with van der Waals surface area (Å²) in [4.78, 5) is 32.8. The Labute approximate surface area is 223 Å². The van der Waals surface area contributed by atoms with E-state index >= 15 is 0 Å². The van der Waals surface area contributed by atoms with Gasteiger partial charge in [0.25, 0.3) is 5.91 Å². The van der Waals surface area contributed by atoms with E-state index in [2.05, 4.69) is 5.32 Å². The number of benzene rings is 3. The summed E-state index contributed by atoms with van der Waals surface area (Å²) < 4.78 is 12.5. The molecule has 0 radical (unpaired) electrons. The summed E-state index contributed by atoms with van der Waals surface area (Å²) in [5.74, 6) is 1.70. The molecule has 0 saturated heterocycles. The summed E-state index contributed by atoms with van der Waals surface area (Å²) in [5, 5.41) is 2.96. The number of carbonyl (C=O) groups excluding carboxylic acids is 2. The highest BCUT2D eigenvalue weighted by Gasteiger charge is 2.22. The van der Waals surface area contributed by atoms with E-state index in [-0.39, 0.29) is 24.4 Å². The molecule has 0 aliphatic heterocycles. The summed E-state index contributed by atoms with van der Waals surface area (Å²) in [7, 11) is 3.09. The third-order valence-electron chi connectivity index (χ3n) is 6.35. The van der Waals surface area contributed by atoms with Gasteiger partial charge in [0.1, 0.15) is 12.4 Å². The summed E-state index contributed by atoms with van der Waals surface area (Å²) in [5.41, 5.74) is 3.13. The summed E-state index contributed by atoms with van der Waals surface area (Å²) >= 11 is 0. The molecule has 0 fully saturated rings. The molecule has 0 atom stereocenters. The van der Waals surface area contributed by atoms with Gasteiger partial charge in [-0.1, -0.05) is 30.3 Å². The Hall–Kier alpha value is -4.33. The van der Waals surface area contributed by atoms with Gasteiger partial charge in [0.2, 0.25) is 5.91 Å². The number of anilines is 1. The van der Waals surface area contributed by atoms with Crippen LogP contribution in [0.25, 0.3) is 11.0 Å². The standard InChI is InChI=1S/C30H34N4O4/c1-21(2)34(23-11-6-5-7-12-23)29(35)20-33-25-14-9-8-13-24(25)32-28(33)15-10-18-31-30(36)22-16-17-26(37-3)27(19-22)38-4/h5-9,11-14,16-17,19,21H,10,15,18,20H2,1-4H3,(H,31,36). The van der Waals surface area contributed by atoms with Gasteiger partial charge in [-0.25, -0.2) is 4.98 Å². The van der Waals surface area contributed by atoms with Crippen molar-refractivity contribution >= 4 is 28.5 Å². The third-order valence-corrected chi connectivity index (χ3v) is 6.35. The van der Waals surface area contributed by atoms with Crippen molar-refractivity contribution in [2.24, 2.45) is 0 Å². The fourth-order valence-corrected chi connectivity index (χ4v) is 4.55. The molecule has 0 aliphatic carbocycles. The fourth-order valence-electron chi connectivity index (χ4n) is 4.55. The number of methoxy groups -OCH3 is 2. The van der Waals surface area contributed by atoms with Crippen LogP contribution < -0.4 is 19.7 Å². The lowest BCUT2D eigenvalue weighted by molar-refractivity contribution is -0.119. The van der Waals surface area contributed by atoms with Crippen LogP contribution in [0.5, 0.6) is 11.5 Å². The van der Waals surface area contributed by atoms with Crippen LogP contribution in [-0.4, -0.2) is 48.2 Å². The number of imidazole rings is 1. The van der Waals surface area contributed by atoms with Crippen LogP contribution in [-0.2, 0) is 17.8 Å². The van der Waals surface area contributed by atoms with E-state index in [0.717, 1.165) is 22.5 Å². The average molecular weight is 515 g/mol. The lowest BCUT2D eigenvalue weighted by Crippen LogP contribution is -2.39. The number of aryl methyl sites for hydroxylation is 1. The van der Waals surface area contributed by atoms with E-state index in [1.165, 1.54) is 7.11 Å². The van der Waals surface area contributed by atoms with Crippen molar-refractivity contribution in [1.29, 1.82) is 0 Å². The Morgan fingerprint density at radius 3 is 2.37 bits per heavy atom. The quantitative estimate of drug-likeness (QED) is 0.289. The molecule has 1 aromatic heterocycles. The number of carbonyl (C=O) groups is 2. The van der Waals surface area contributed by atoms with Crippen LogP contribution in [0.4, 0.5) is 5.69 Å². The van der Waals surface area contributed by atoms with Crippen molar-refractivity contribution in [3.05, 3.63) is 84.2 Å². The molecule has 8 heteroatoms. The maximum atomic E-state index is 13.5. The Morgan fingerprint density at radius 1 is 0.947 bits per heavy atom. The zero-order valence-corrected chi connectivity index (χ0v) is 22.3. The second kappa shape index (κ2) is 12.3. The number of hydrogen-bond donors (Lipinski definition) is 1. The Kier molecular flexibility index (Phi) is 8.63. The lowest BCUT2D eigenvalue weighted by atomic mass is 10.2. The minimum atomic E-state index is -0.190. The number of nitrogens with zero attached hydrogens (tertiary/aromatic N) is 3. The number of rotatable bonds is 11. The van der Waals surface area contributed by atoms with Crippen molar-refractivity contribution in [2.45, 2.75) is 39.3 Å². The minimum absolute atomic E-state index is 0.00245. The first-order valence-electron chi connectivity index (χ1n) is 12.7. The van der Waals surface area contributed by atoms with Gasteiger partial charge in [-0.05, 0) is 62.7 Å². The van der Waals surface area contributed by atoms with Crippen molar-refractivity contribution in [3.63, 3.8) is 0 Å². The van der Waals surface area contributed by atoms with Crippen molar-refractivity contribution < 1.29 is 19.1 Å². The second-order valence-electron chi connectivity index (χ2n) is 9.23. The van der Waals surface area contributed by atoms with Gasteiger partial charge in [0, 0.05) is 30.3 Å². The van der Waals surface area contributed by atoms with E-state index in [4.69, 9.17) is 14.5 Å². The van der Waals surface area contributed by atoms with E-state index < -0.39 is 0 Å². The zero-order chi connectivity index (χ0) is 27.1. The molecule has 1 N–H and O–H groups in total. The van der Waals surface area contributed by atoms with Gasteiger partial charge < -0.3 is 24.3 Å². The fraction of sp³-hybridized carbons (Fsp3) is 0.300. The molecule has 0 saturated carbocycles. The van der Waals surface area contributed by atoms with E-state index in [1.807, 2.05) is 77.9 Å². The highest BCUT2D eigenvalue weighted by atomic mass is 16.5. The Morgan fingerprint density at radius 2 is 1.66 bits per heavy atom. The summed E-state index contributed by atoms with van der Waals surface area (Å²) in [6.07, 6.45) is 1.28. The molecule has 0 aliphatic rings. The molecule has 0 unspecified atom stereocenters. The largest absolute Gasteiger partial charge is 0.493 e. The van der Waals surface area contributed by atoms with Gasteiger partial charge in [0.05, 0.1) is 25.3 Å². The maximum absolute atomic E-state index is 13.5. The molecular weight excluding hydrogens is 480 g/mol. The van der Waals surface area contributed by atoms with Gasteiger partial charge in [-0.3, -0.25) is 9.59 Å². The SMILES string of the molecule is COc1ccc(C(=O)NCCCc2nc3ccccc3n2CC(=O)N(c2ccccc2)C(C)C)cc1OC. The molecule has 4 rings (SSSR count). The van der Waals surface area contributed by atoms with Crippen LogP contribution in [0.1, 0.15) is 36.5 Å². The van der Waals surface area contributed by atoms with Gasteiger partial charge >= 0.3 is 0 Å². The predicted molar refractivity (Wildman–Crippen MR) is 149 cm³/mol. The van der Waals surface area contributed by atoms with Crippen LogP contribution in [0.2, 0.25) is 0 Å². The lowest BCUT2D eigenvalue weighted by Gasteiger charge is -2.27. The third kappa shape index (κ3) is 5.96. The Balaban J connectivity index is 1.46. The molecule has 1 heterocycles. The van der Waals surface area contributed by atoms with Crippen LogP contribution in [0, 0.1) is 0 Å². The van der Waals surface area contributed by atoms with Crippen LogP contribution in [0.15, 0.2) is 72.8 Å². The monoisotopic (exact) mass is 514 g/mol. The number of fused-ring (bicyclic) bond motifs is 1. The molecule has 0 spiro atoms. The van der Waals surface area contributed by atoms with E-state index in [0.29, 0.717) is 36.4 Å². The topological polar surface area (TPSA) is 85.7 Å². The first-order chi connectivity index (χ1) is 18.4. The molecule has 4 aromatic rings. The molecule has 38 heavy (non-hydrogen) atoms. The van der Waals surface area contributed by atoms with Gasteiger partial charge in [-0.15, -0.1) is 0 Å². The number of ether oxygens (including phenoxy) is 2. The number of aromatic nitrogens is 2. The molecule has 2 amide bonds.